The third kappa shape index (κ3) is 1.76. The molecule has 0 spiro atoms. The number of hydrogen-bond acceptors (Lipinski definition) is 1. The molecule has 0 N–H and O–H groups in total. The van der Waals surface area contributed by atoms with Crippen LogP contribution in [0, 0.1) is 11.8 Å². The van der Waals surface area contributed by atoms with Crippen molar-refractivity contribution in [1.29, 1.82) is 0 Å². The van der Waals surface area contributed by atoms with Crippen molar-refractivity contribution >= 4 is 0 Å². The van der Waals surface area contributed by atoms with Crippen LogP contribution in [0.15, 0.2) is 0 Å². The van der Waals surface area contributed by atoms with Gasteiger partial charge < -0.3 is 0 Å². The van der Waals surface area contributed by atoms with Crippen molar-refractivity contribution in [3.8, 4) is 0 Å². The third-order valence-electron chi connectivity index (χ3n) is 4.14. The maximum absolute atomic E-state index is 2.68. The Morgan fingerprint density at radius 2 is 1.85 bits per heavy atom. The van der Waals surface area contributed by atoms with Crippen LogP contribution in [0.25, 0.3) is 0 Å². The van der Waals surface area contributed by atoms with E-state index in [2.05, 4.69) is 25.7 Å². The summed E-state index contributed by atoms with van der Waals surface area (Å²) in [6.07, 6.45) is 5.99. The van der Waals surface area contributed by atoms with E-state index in [-0.39, 0.29) is 0 Å². The maximum atomic E-state index is 2.68. The van der Waals surface area contributed by atoms with Crippen molar-refractivity contribution in [1.82, 2.24) is 4.90 Å². The molecule has 0 aromatic heterocycles. The van der Waals surface area contributed by atoms with Crippen molar-refractivity contribution in [3.05, 3.63) is 0 Å². The Hall–Kier alpha value is -0.0400. The Labute approximate surface area is 82.5 Å². The van der Waals surface area contributed by atoms with Gasteiger partial charge >= 0.3 is 0 Å². The van der Waals surface area contributed by atoms with Crippen LogP contribution in [-0.2, 0) is 0 Å². The molecule has 1 heterocycles. The second-order valence-electron chi connectivity index (χ2n) is 5.33. The van der Waals surface area contributed by atoms with Gasteiger partial charge in [0.05, 0.1) is 0 Å². The predicted octanol–water partition coefficient (Wildman–Crippen LogP) is 2.91. The van der Waals surface area contributed by atoms with Gasteiger partial charge in [0.1, 0.15) is 0 Å². The van der Waals surface area contributed by atoms with Gasteiger partial charge in [-0.1, -0.05) is 19.3 Å². The second kappa shape index (κ2) is 3.61. The van der Waals surface area contributed by atoms with Crippen molar-refractivity contribution in [2.45, 2.75) is 58.5 Å². The summed E-state index contributed by atoms with van der Waals surface area (Å²) in [6.45, 7) is 8.45. The summed E-state index contributed by atoms with van der Waals surface area (Å²) in [7, 11) is 0. The van der Waals surface area contributed by atoms with Gasteiger partial charge in [-0.3, -0.25) is 4.90 Å². The lowest BCUT2D eigenvalue weighted by Crippen LogP contribution is -2.34. The molecule has 2 fully saturated rings. The fourth-order valence-corrected chi connectivity index (χ4v) is 3.07. The van der Waals surface area contributed by atoms with Gasteiger partial charge in [-0.15, -0.1) is 0 Å². The van der Waals surface area contributed by atoms with Crippen LogP contribution in [0.3, 0.4) is 0 Å². The van der Waals surface area contributed by atoms with Gasteiger partial charge in [0, 0.05) is 18.6 Å². The minimum absolute atomic E-state index is 0.750. The van der Waals surface area contributed by atoms with Crippen molar-refractivity contribution in [3.63, 3.8) is 0 Å². The molecule has 2 aliphatic rings. The zero-order valence-corrected chi connectivity index (χ0v) is 9.29. The topological polar surface area (TPSA) is 3.24 Å². The number of rotatable bonds is 2. The SMILES string of the molecule is CC(C)N1CC(C2CCC2)CC1C. The molecule has 1 saturated heterocycles. The first-order valence-electron chi connectivity index (χ1n) is 5.94. The number of nitrogens with zero attached hydrogens (tertiary/aromatic N) is 1. The highest BCUT2D eigenvalue weighted by Crippen LogP contribution is 2.40. The van der Waals surface area contributed by atoms with E-state index < -0.39 is 0 Å². The largest absolute Gasteiger partial charge is 0.298 e. The van der Waals surface area contributed by atoms with Crippen LogP contribution in [-0.4, -0.2) is 23.5 Å². The molecule has 1 aliphatic carbocycles. The molecule has 0 radical (unpaired) electrons. The zero-order valence-electron chi connectivity index (χ0n) is 9.29. The molecule has 13 heavy (non-hydrogen) atoms. The van der Waals surface area contributed by atoms with E-state index in [1.54, 1.807) is 0 Å². The first-order chi connectivity index (χ1) is 6.18. The molecular weight excluding hydrogens is 158 g/mol. The molecule has 1 heteroatoms. The van der Waals surface area contributed by atoms with Gasteiger partial charge in [-0.25, -0.2) is 0 Å². The standard InChI is InChI=1S/C12H23N/c1-9(2)13-8-12(7-10(13)3)11-5-4-6-11/h9-12H,4-8H2,1-3H3. The lowest BCUT2D eigenvalue weighted by molar-refractivity contribution is 0.180. The fourth-order valence-electron chi connectivity index (χ4n) is 3.07. The van der Waals surface area contributed by atoms with Crippen LogP contribution < -0.4 is 0 Å². The van der Waals surface area contributed by atoms with E-state index in [4.69, 9.17) is 0 Å². The summed E-state index contributed by atoms with van der Waals surface area (Å²) in [5.74, 6) is 2.12. The molecule has 2 atom stereocenters. The zero-order chi connectivity index (χ0) is 9.42. The first-order valence-corrected chi connectivity index (χ1v) is 5.94. The van der Waals surface area contributed by atoms with E-state index in [0.29, 0.717) is 0 Å². The monoisotopic (exact) mass is 181 g/mol. The highest BCUT2D eigenvalue weighted by atomic mass is 15.2. The maximum Gasteiger partial charge on any atom is 0.00729 e. The molecular formula is C12H23N. The number of hydrogen-bond donors (Lipinski definition) is 0. The van der Waals surface area contributed by atoms with Crippen LogP contribution >= 0.6 is 0 Å². The van der Waals surface area contributed by atoms with Crippen LogP contribution in [0.5, 0.6) is 0 Å². The third-order valence-corrected chi connectivity index (χ3v) is 4.14. The van der Waals surface area contributed by atoms with Crippen LogP contribution in [0.2, 0.25) is 0 Å². The predicted molar refractivity (Wildman–Crippen MR) is 56.8 cm³/mol. The summed E-state index contributed by atoms with van der Waals surface area (Å²) in [5, 5.41) is 0. The normalized spacial score (nSPS) is 36.9. The molecule has 1 nitrogen and oxygen atoms in total. The molecule has 1 aliphatic heterocycles. The smallest absolute Gasteiger partial charge is 0.00729 e. The Bertz CT molecular complexity index is 172. The lowest BCUT2D eigenvalue weighted by Gasteiger charge is -2.31. The summed E-state index contributed by atoms with van der Waals surface area (Å²) < 4.78 is 0. The lowest BCUT2D eigenvalue weighted by atomic mass is 9.75. The Kier molecular flexibility index (Phi) is 2.64. The first kappa shape index (κ1) is 9.51. The average Bonchev–Trinajstić information content (AvgIpc) is 2.27. The van der Waals surface area contributed by atoms with E-state index in [9.17, 15) is 0 Å². The highest BCUT2D eigenvalue weighted by Gasteiger charge is 2.37. The molecule has 0 bridgehead atoms. The van der Waals surface area contributed by atoms with Crippen molar-refractivity contribution < 1.29 is 0 Å². The Morgan fingerprint density at radius 1 is 1.15 bits per heavy atom. The minimum atomic E-state index is 0.750. The van der Waals surface area contributed by atoms with Gasteiger partial charge in [0.15, 0.2) is 0 Å². The molecule has 76 valence electrons. The van der Waals surface area contributed by atoms with Gasteiger partial charge in [-0.05, 0) is 39.0 Å². The van der Waals surface area contributed by atoms with Crippen LogP contribution in [0.1, 0.15) is 46.5 Å². The Morgan fingerprint density at radius 3 is 2.23 bits per heavy atom. The number of likely N-dealkylation sites (tertiary alicyclic amines) is 1. The van der Waals surface area contributed by atoms with Gasteiger partial charge in [-0.2, -0.15) is 0 Å². The summed E-state index contributed by atoms with van der Waals surface area (Å²) in [6, 6.07) is 1.59. The molecule has 1 saturated carbocycles. The molecule has 0 amide bonds. The molecule has 2 rings (SSSR count). The van der Waals surface area contributed by atoms with Gasteiger partial charge in [0.25, 0.3) is 0 Å². The van der Waals surface area contributed by atoms with E-state index in [0.717, 1.165) is 23.9 Å². The van der Waals surface area contributed by atoms with E-state index >= 15 is 0 Å². The average molecular weight is 181 g/mol. The molecule has 0 aromatic carbocycles. The molecule has 0 aromatic rings. The van der Waals surface area contributed by atoms with Crippen molar-refractivity contribution in [2.24, 2.45) is 11.8 Å². The van der Waals surface area contributed by atoms with Gasteiger partial charge in [0.2, 0.25) is 0 Å². The Balaban J connectivity index is 1.90. The summed E-state index contributed by atoms with van der Waals surface area (Å²) >= 11 is 0. The summed E-state index contributed by atoms with van der Waals surface area (Å²) in [5.41, 5.74) is 0. The molecule has 2 unspecified atom stereocenters. The second-order valence-corrected chi connectivity index (χ2v) is 5.33. The highest BCUT2D eigenvalue weighted by molar-refractivity contribution is 4.90. The summed E-state index contributed by atoms with van der Waals surface area (Å²) in [4.78, 5) is 2.68. The fraction of sp³-hybridized carbons (Fsp3) is 1.00. The van der Waals surface area contributed by atoms with Crippen molar-refractivity contribution in [2.75, 3.05) is 6.54 Å². The minimum Gasteiger partial charge on any atom is -0.298 e. The van der Waals surface area contributed by atoms with E-state index in [1.807, 2.05) is 0 Å². The van der Waals surface area contributed by atoms with E-state index in [1.165, 1.54) is 32.2 Å². The van der Waals surface area contributed by atoms with Crippen LogP contribution in [0.4, 0.5) is 0 Å². The quantitative estimate of drug-likeness (QED) is 0.633.